The summed E-state index contributed by atoms with van der Waals surface area (Å²) in [7, 11) is 0. The van der Waals surface area contributed by atoms with E-state index in [1.54, 1.807) is 13.0 Å². The van der Waals surface area contributed by atoms with Gasteiger partial charge >= 0.3 is 5.97 Å². The molecule has 0 heterocycles. The number of amides is 1. The first-order chi connectivity index (χ1) is 9.52. The molecule has 4 nitrogen and oxygen atoms in total. The Morgan fingerprint density at radius 3 is 2.70 bits per heavy atom. The van der Waals surface area contributed by atoms with Crippen LogP contribution in [-0.2, 0) is 14.3 Å². The predicted octanol–water partition coefficient (Wildman–Crippen LogP) is 2.39. The Morgan fingerprint density at radius 1 is 1.30 bits per heavy atom. The predicted molar refractivity (Wildman–Crippen MR) is 79.2 cm³/mol. The first-order valence-electron chi connectivity index (χ1n) is 6.71. The van der Waals surface area contributed by atoms with Crippen LogP contribution in [0.1, 0.15) is 30.0 Å². The second kappa shape index (κ2) is 8.15. The van der Waals surface area contributed by atoms with Crippen molar-refractivity contribution in [3.63, 3.8) is 0 Å². The van der Waals surface area contributed by atoms with Gasteiger partial charge in [0.2, 0.25) is 5.91 Å². The smallest absolute Gasteiger partial charge is 0.307 e. The van der Waals surface area contributed by atoms with Gasteiger partial charge < -0.3 is 10.1 Å². The lowest BCUT2D eigenvalue weighted by atomic mass is 10.1. The van der Waals surface area contributed by atoms with E-state index in [0.717, 1.165) is 11.1 Å². The van der Waals surface area contributed by atoms with Crippen molar-refractivity contribution in [2.75, 3.05) is 13.2 Å². The third kappa shape index (κ3) is 5.69. The minimum Gasteiger partial charge on any atom is -0.466 e. The molecule has 0 aromatic heterocycles. The number of nitrogens with one attached hydrogen (secondary N) is 1. The van der Waals surface area contributed by atoms with Crippen molar-refractivity contribution in [3.8, 4) is 0 Å². The van der Waals surface area contributed by atoms with E-state index in [2.05, 4.69) is 11.4 Å². The van der Waals surface area contributed by atoms with Crippen molar-refractivity contribution >= 4 is 18.0 Å². The molecular weight excluding hydrogens is 254 g/mol. The van der Waals surface area contributed by atoms with Gasteiger partial charge in [-0.2, -0.15) is 0 Å². The van der Waals surface area contributed by atoms with E-state index in [1.807, 2.05) is 26.0 Å². The molecule has 0 aliphatic heterocycles. The molecule has 0 bridgehead atoms. The molecule has 0 saturated heterocycles. The van der Waals surface area contributed by atoms with Crippen molar-refractivity contribution in [3.05, 3.63) is 41.0 Å². The van der Waals surface area contributed by atoms with Crippen LogP contribution >= 0.6 is 0 Å². The molecule has 1 rings (SSSR count). The van der Waals surface area contributed by atoms with Crippen molar-refractivity contribution in [1.82, 2.24) is 5.32 Å². The topological polar surface area (TPSA) is 55.4 Å². The molecule has 0 saturated carbocycles. The second-order valence-corrected chi connectivity index (χ2v) is 4.54. The van der Waals surface area contributed by atoms with Gasteiger partial charge in [0.25, 0.3) is 0 Å². The highest BCUT2D eigenvalue weighted by atomic mass is 16.5. The van der Waals surface area contributed by atoms with Crippen LogP contribution in [0.15, 0.2) is 24.3 Å². The quantitative estimate of drug-likeness (QED) is 0.640. The number of carbonyl (C=O) groups is 2. The van der Waals surface area contributed by atoms with Crippen LogP contribution in [-0.4, -0.2) is 25.0 Å². The van der Waals surface area contributed by atoms with Gasteiger partial charge in [0.15, 0.2) is 0 Å². The molecule has 0 fully saturated rings. The van der Waals surface area contributed by atoms with Gasteiger partial charge in [0.05, 0.1) is 13.0 Å². The summed E-state index contributed by atoms with van der Waals surface area (Å²) in [6, 6.07) is 6.05. The molecule has 1 amide bonds. The van der Waals surface area contributed by atoms with Gasteiger partial charge in [-0.25, -0.2) is 0 Å². The molecule has 0 aliphatic rings. The van der Waals surface area contributed by atoms with Gasteiger partial charge in [-0.1, -0.05) is 23.8 Å². The number of rotatable bonds is 6. The molecule has 0 radical (unpaired) electrons. The molecule has 0 unspecified atom stereocenters. The molecule has 0 spiro atoms. The zero-order chi connectivity index (χ0) is 15.0. The van der Waals surface area contributed by atoms with Crippen molar-refractivity contribution in [1.29, 1.82) is 0 Å². The maximum Gasteiger partial charge on any atom is 0.307 e. The normalized spacial score (nSPS) is 10.6. The number of esters is 1. The van der Waals surface area contributed by atoms with Gasteiger partial charge in [0.1, 0.15) is 0 Å². The highest BCUT2D eigenvalue weighted by Crippen LogP contribution is 2.11. The number of hydrogen-bond donors (Lipinski definition) is 1. The zero-order valence-corrected chi connectivity index (χ0v) is 12.2. The Bertz CT molecular complexity index is 506. The van der Waals surface area contributed by atoms with Crippen molar-refractivity contribution < 1.29 is 14.3 Å². The molecule has 1 aromatic rings. The minimum atomic E-state index is -0.300. The summed E-state index contributed by atoms with van der Waals surface area (Å²) in [5, 5.41) is 2.65. The Balaban J connectivity index is 2.42. The first-order valence-corrected chi connectivity index (χ1v) is 6.71. The number of hydrogen-bond acceptors (Lipinski definition) is 3. The van der Waals surface area contributed by atoms with Crippen molar-refractivity contribution in [2.24, 2.45) is 0 Å². The second-order valence-electron chi connectivity index (χ2n) is 4.54. The van der Waals surface area contributed by atoms with E-state index in [1.165, 1.54) is 11.6 Å². The lowest BCUT2D eigenvalue weighted by Crippen LogP contribution is -2.24. The Morgan fingerprint density at radius 2 is 2.05 bits per heavy atom. The van der Waals surface area contributed by atoms with Gasteiger partial charge in [0, 0.05) is 12.6 Å². The van der Waals surface area contributed by atoms with E-state index < -0.39 is 0 Å². The lowest BCUT2D eigenvalue weighted by Gasteiger charge is -2.03. The molecule has 1 N–H and O–H groups in total. The largest absolute Gasteiger partial charge is 0.466 e. The van der Waals surface area contributed by atoms with Gasteiger partial charge in [-0.3, -0.25) is 9.59 Å². The van der Waals surface area contributed by atoms with E-state index in [0.29, 0.717) is 6.61 Å². The summed E-state index contributed by atoms with van der Waals surface area (Å²) in [4.78, 5) is 22.7. The van der Waals surface area contributed by atoms with Crippen LogP contribution in [0.4, 0.5) is 0 Å². The minimum absolute atomic E-state index is 0.191. The van der Waals surface area contributed by atoms with Crippen molar-refractivity contribution in [2.45, 2.75) is 27.2 Å². The monoisotopic (exact) mass is 275 g/mol. The maximum absolute atomic E-state index is 11.6. The van der Waals surface area contributed by atoms with E-state index in [4.69, 9.17) is 4.74 Å². The number of carbonyl (C=O) groups excluding carboxylic acids is 2. The summed E-state index contributed by atoms with van der Waals surface area (Å²) in [5.74, 6) is -0.513. The Hall–Kier alpha value is -2.10. The summed E-state index contributed by atoms with van der Waals surface area (Å²) in [6.07, 6.45) is 3.44. The average Bonchev–Trinajstić information content (AvgIpc) is 2.38. The molecule has 1 aromatic carbocycles. The molecule has 0 aliphatic carbocycles. The molecule has 4 heteroatoms. The Labute approximate surface area is 119 Å². The zero-order valence-electron chi connectivity index (χ0n) is 12.2. The fourth-order valence-electron chi connectivity index (χ4n) is 1.76. The SMILES string of the molecule is CCOC(=O)CCNC(=O)C=Cc1ccc(C)cc1C. The number of aryl methyl sites for hydroxylation is 2. The van der Waals surface area contributed by atoms with Gasteiger partial charge in [-0.15, -0.1) is 0 Å². The fourth-order valence-corrected chi connectivity index (χ4v) is 1.76. The third-order valence-corrected chi connectivity index (χ3v) is 2.77. The summed E-state index contributed by atoms with van der Waals surface area (Å²) in [6.45, 7) is 6.44. The van der Waals surface area contributed by atoms with Crippen LogP contribution in [0.5, 0.6) is 0 Å². The van der Waals surface area contributed by atoms with E-state index in [9.17, 15) is 9.59 Å². The molecule has 0 atom stereocenters. The average molecular weight is 275 g/mol. The third-order valence-electron chi connectivity index (χ3n) is 2.77. The number of benzene rings is 1. The highest BCUT2D eigenvalue weighted by molar-refractivity contribution is 5.92. The van der Waals surface area contributed by atoms with Crippen LogP contribution in [0.2, 0.25) is 0 Å². The molecular formula is C16H21NO3. The summed E-state index contributed by atoms with van der Waals surface area (Å²) >= 11 is 0. The fraction of sp³-hybridized carbons (Fsp3) is 0.375. The van der Waals surface area contributed by atoms with Crippen LogP contribution in [0.3, 0.4) is 0 Å². The molecule has 108 valence electrons. The van der Waals surface area contributed by atoms with Crippen LogP contribution in [0.25, 0.3) is 6.08 Å². The van der Waals surface area contributed by atoms with E-state index >= 15 is 0 Å². The van der Waals surface area contributed by atoms with Crippen LogP contribution in [0, 0.1) is 13.8 Å². The van der Waals surface area contributed by atoms with E-state index in [-0.39, 0.29) is 24.8 Å². The maximum atomic E-state index is 11.6. The lowest BCUT2D eigenvalue weighted by molar-refractivity contribution is -0.142. The Kier molecular flexibility index (Phi) is 6.50. The summed E-state index contributed by atoms with van der Waals surface area (Å²) < 4.78 is 4.77. The standard InChI is InChI=1S/C16H21NO3/c1-4-20-16(19)9-10-17-15(18)8-7-14-6-5-12(2)11-13(14)3/h5-8,11H,4,9-10H2,1-3H3,(H,17,18). The first kappa shape index (κ1) is 16.0. The molecule has 20 heavy (non-hydrogen) atoms. The highest BCUT2D eigenvalue weighted by Gasteiger charge is 2.02. The van der Waals surface area contributed by atoms with Crippen LogP contribution < -0.4 is 5.32 Å². The number of ether oxygens (including phenoxy) is 1. The van der Waals surface area contributed by atoms with Gasteiger partial charge in [-0.05, 0) is 38.0 Å². The summed E-state index contributed by atoms with van der Waals surface area (Å²) in [5.41, 5.74) is 3.33.